The molecule has 0 bridgehead atoms. The maximum absolute atomic E-state index is 12.3. The third-order valence-corrected chi connectivity index (χ3v) is 23.6. The molecule has 0 radical (unpaired) electrons. The normalized spacial score (nSPS) is 25.5. The Hall–Kier alpha value is -1.48. The molecule has 2 aromatic carbocycles. The summed E-state index contributed by atoms with van der Waals surface area (Å²) in [7, 11) is 1.20. The molecule has 0 amide bonds. The van der Waals surface area contributed by atoms with Crippen LogP contribution in [0.25, 0.3) is 0 Å². The fraction of sp³-hybridized carbons (Fsp3) is 0.714. The molecular formula is C49H80O7Se2Si. The topological polar surface area (TPSA) is 102 Å². The molecule has 7 nitrogen and oxygen atoms in total. The Morgan fingerprint density at radius 3 is 1.56 bits per heavy atom. The van der Waals surface area contributed by atoms with Crippen molar-refractivity contribution >= 4 is 59.1 Å². The quantitative estimate of drug-likeness (QED) is 0.0690. The summed E-state index contributed by atoms with van der Waals surface area (Å²) in [5.41, 5.74) is 0. The number of methoxy groups -OCH3 is 2. The second-order valence-corrected chi connectivity index (χ2v) is 29.2. The van der Waals surface area contributed by atoms with Gasteiger partial charge in [0.25, 0.3) is 0 Å². The molecule has 0 saturated heterocycles. The van der Waals surface area contributed by atoms with Crippen LogP contribution in [0.5, 0.6) is 0 Å². The molecule has 0 aromatic heterocycles. The third-order valence-electron chi connectivity index (χ3n) is 13.8. The van der Waals surface area contributed by atoms with Gasteiger partial charge in [0, 0.05) is 0 Å². The first-order valence-electron chi connectivity index (χ1n) is 22.5. The van der Waals surface area contributed by atoms with Crippen LogP contribution in [-0.2, 0) is 23.5 Å². The Bertz CT molecular complexity index is 1470. The number of carbonyl (C=O) groups is 2. The first-order valence-corrected chi connectivity index (χ1v) is 29.1. The summed E-state index contributed by atoms with van der Waals surface area (Å²) in [6, 6.07) is 20.6. The first-order chi connectivity index (χ1) is 28.0. The van der Waals surface area contributed by atoms with Gasteiger partial charge in [-0.05, 0) is 0 Å². The molecule has 2 aromatic rings. The Morgan fingerprint density at radius 2 is 1.12 bits per heavy atom. The van der Waals surface area contributed by atoms with E-state index in [1.807, 2.05) is 36.4 Å². The minimum absolute atomic E-state index is 0.0190. The fourth-order valence-corrected chi connectivity index (χ4v) is 14.8. The number of rotatable bonds is 22. The van der Waals surface area contributed by atoms with E-state index in [9.17, 15) is 19.8 Å². The van der Waals surface area contributed by atoms with E-state index in [2.05, 4.69) is 78.9 Å². The van der Waals surface area contributed by atoms with Crippen molar-refractivity contribution in [3.8, 4) is 0 Å². The van der Waals surface area contributed by atoms with Crippen LogP contribution >= 0.6 is 0 Å². The van der Waals surface area contributed by atoms with E-state index >= 15 is 0 Å². The fourth-order valence-electron chi connectivity index (χ4n) is 9.06. The summed E-state index contributed by atoms with van der Waals surface area (Å²) in [6.07, 6.45) is 12.6. The van der Waals surface area contributed by atoms with Gasteiger partial charge < -0.3 is 0 Å². The van der Waals surface area contributed by atoms with Crippen LogP contribution in [0.4, 0.5) is 0 Å². The van der Waals surface area contributed by atoms with Crippen LogP contribution in [0.3, 0.4) is 0 Å². The van der Waals surface area contributed by atoms with Gasteiger partial charge in [-0.1, -0.05) is 20.8 Å². The number of unbranched alkanes of at least 4 members (excludes halogenated alkanes) is 4. The molecule has 10 atom stereocenters. The number of hydrogen-bond acceptors (Lipinski definition) is 7. The van der Waals surface area contributed by atoms with Gasteiger partial charge in [-0.25, -0.2) is 0 Å². The van der Waals surface area contributed by atoms with Crippen LogP contribution in [-0.4, -0.2) is 93.9 Å². The Morgan fingerprint density at radius 1 is 0.678 bits per heavy atom. The standard InChI is InChI=1S/C27H46O4SeSi.C22H34O3Se/c1-20-18-24(28)22(23(20)19-31-33(6,7)27(2,3)4)16-12-9-13-17-25(26(29)30-5)32-21-14-10-8-11-15-21;1-16-14-17(2)20(15-23)19(16)12-8-5-9-13-21(22(24)25-3)26-18-10-6-4-7-11-18/h8,10-11,14-15,20,22-25,28H,9,12-13,16-19H2,1-7H3;4,6-7,10-11,16-17,19-21,23H,5,8-9,12-15H2,1-3H3/t20-,22-,23+,24+,25?;16-,17+,19-,20-,21?/m10/s1. The van der Waals surface area contributed by atoms with E-state index in [1.54, 1.807) is 0 Å². The number of aliphatic hydroxyl groups excluding tert-OH is 2. The average Bonchev–Trinajstić information content (AvgIpc) is 3.65. The van der Waals surface area contributed by atoms with E-state index in [0.29, 0.717) is 42.1 Å². The second kappa shape index (κ2) is 26.2. The summed E-state index contributed by atoms with van der Waals surface area (Å²) in [5, 5.41) is 20.6. The van der Waals surface area contributed by atoms with Gasteiger partial charge in [-0.2, -0.15) is 0 Å². The molecule has 2 aliphatic carbocycles. The van der Waals surface area contributed by atoms with Gasteiger partial charge in [0.05, 0.1) is 0 Å². The summed E-state index contributed by atoms with van der Waals surface area (Å²) in [6.45, 7) is 19.5. The second-order valence-electron chi connectivity index (χ2n) is 19.0. The number of esters is 2. The van der Waals surface area contributed by atoms with Gasteiger partial charge in [-0.3, -0.25) is 0 Å². The molecule has 59 heavy (non-hydrogen) atoms. The Balaban J connectivity index is 0.000000324. The van der Waals surface area contributed by atoms with Crippen molar-refractivity contribution in [3.63, 3.8) is 0 Å². The Labute approximate surface area is 372 Å². The van der Waals surface area contributed by atoms with E-state index in [0.717, 1.165) is 70.3 Å². The van der Waals surface area contributed by atoms with E-state index in [4.69, 9.17) is 13.9 Å². The predicted molar refractivity (Wildman–Crippen MR) is 248 cm³/mol. The van der Waals surface area contributed by atoms with Crippen molar-refractivity contribution in [2.24, 2.45) is 41.4 Å². The van der Waals surface area contributed by atoms with Crippen LogP contribution < -0.4 is 8.92 Å². The molecule has 2 saturated carbocycles. The maximum atomic E-state index is 12.3. The van der Waals surface area contributed by atoms with Gasteiger partial charge in [-0.15, -0.1) is 0 Å². The molecule has 334 valence electrons. The van der Waals surface area contributed by atoms with Crippen LogP contribution in [0.2, 0.25) is 27.8 Å². The van der Waals surface area contributed by atoms with Crippen molar-refractivity contribution in [2.45, 2.75) is 152 Å². The van der Waals surface area contributed by atoms with Crippen molar-refractivity contribution in [1.29, 1.82) is 0 Å². The first kappa shape index (κ1) is 51.9. The summed E-state index contributed by atoms with van der Waals surface area (Å²) in [5.74, 6) is 3.66. The zero-order valence-electron chi connectivity index (χ0n) is 38.2. The van der Waals surface area contributed by atoms with Crippen molar-refractivity contribution < 1.29 is 33.7 Å². The average molecular weight is 967 g/mol. The number of aliphatic hydroxyl groups is 2. The monoisotopic (exact) mass is 968 g/mol. The predicted octanol–water partition coefficient (Wildman–Crippen LogP) is 9.41. The van der Waals surface area contributed by atoms with Gasteiger partial charge in [0.15, 0.2) is 0 Å². The van der Waals surface area contributed by atoms with Crippen LogP contribution in [0, 0.1) is 41.4 Å². The van der Waals surface area contributed by atoms with Crippen molar-refractivity contribution in [3.05, 3.63) is 60.7 Å². The zero-order chi connectivity index (χ0) is 43.6. The Kier molecular flexibility index (Phi) is 23.0. The van der Waals surface area contributed by atoms with Gasteiger partial charge in [0.1, 0.15) is 0 Å². The number of benzene rings is 2. The molecule has 10 heteroatoms. The molecule has 2 N–H and O–H groups in total. The van der Waals surface area contributed by atoms with Crippen LogP contribution in [0.15, 0.2) is 60.7 Å². The van der Waals surface area contributed by atoms with E-state index in [1.165, 1.54) is 42.4 Å². The zero-order valence-corrected chi connectivity index (χ0v) is 42.6. The minimum atomic E-state index is -1.78. The summed E-state index contributed by atoms with van der Waals surface area (Å²) in [4.78, 5) is 24.4. The molecular weight excluding hydrogens is 887 g/mol. The molecule has 0 spiro atoms. The van der Waals surface area contributed by atoms with Gasteiger partial charge in [0.2, 0.25) is 0 Å². The molecule has 2 unspecified atom stereocenters. The molecule has 0 aliphatic heterocycles. The van der Waals surface area contributed by atoms with E-state index in [-0.39, 0.29) is 62.6 Å². The molecule has 4 rings (SSSR count). The van der Waals surface area contributed by atoms with Gasteiger partial charge >= 0.3 is 354 Å². The molecule has 0 heterocycles. The summed E-state index contributed by atoms with van der Waals surface area (Å²) >= 11 is 0.226. The molecule has 2 fully saturated rings. The van der Waals surface area contributed by atoms with E-state index < -0.39 is 8.32 Å². The van der Waals surface area contributed by atoms with Crippen molar-refractivity contribution in [2.75, 3.05) is 27.4 Å². The van der Waals surface area contributed by atoms with Crippen LogP contribution in [0.1, 0.15) is 119 Å². The third kappa shape index (κ3) is 17.0. The van der Waals surface area contributed by atoms with Crippen molar-refractivity contribution in [1.82, 2.24) is 0 Å². The SMILES string of the molecule is COC(=O)C(CCCCC[C@@H]1[C@@H](CO)[C@H](C)C[C@@H]1C)[Se]c1ccccc1.COC(=O)C(CCCCC[C@@H]1[C@@H](CO[Si](C)(C)C(C)(C)C)[C@H](C)C[C@@H]1O)[Se]c1ccccc1. The summed E-state index contributed by atoms with van der Waals surface area (Å²) < 4.78 is 19.2. The number of ether oxygens (including phenoxy) is 2. The number of hydrogen-bond donors (Lipinski definition) is 2. The molecule has 2 aliphatic rings. The number of carbonyl (C=O) groups excluding carboxylic acids is 2.